The molecule has 1 saturated heterocycles. The van der Waals surface area contributed by atoms with Gasteiger partial charge in [-0.3, -0.25) is 4.90 Å². The van der Waals surface area contributed by atoms with Crippen LogP contribution in [-0.2, 0) is 22.7 Å². The van der Waals surface area contributed by atoms with Gasteiger partial charge >= 0.3 is 6.18 Å². The van der Waals surface area contributed by atoms with Gasteiger partial charge in [-0.1, -0.05) is 23.1 Å². The quantitative estimate of drug-likeness (QED) is 0.669. The van der Waals surface area contributed by atoms with Crippen LogP contribution in [0.3, 0.4) is 0 Å². The van der Waals surface area contributed by atoms with E-state index in [1.54, 1.807) is 0 Å². The number of alkyl halides is 3. The molecule has 0 aliphatic carbocycles. The molecule has 0 atom stereocenters. The van der Waals surface area contributed by atoms with Gasteiger partial charge in [-0.15, -0.1) is 10.2 Å². The van der Waals surface area contributed by atoms with Gasteiger partial charge in [0.2, 0.25) is 10.0 Å². The van der Waals surface area contributed by atoms with Gasteiger partial charge in [-0.25, -0.2) is 8.42 Å². The van der Waals surface area contributed by atoms with Gasteiger partial charge in [-0.05, 0) is 30.5 Å². The summed E-state index contributed by atoms with van der Waals surface area (Å²) in [6.45, 7) is 2.20. The van der Waals surface area contributed by atoms with Crippen molar-refractivity contribution < 1.29 is 21.6 Å². The average Bonchev–Trinajstić information content (AvgIpc) is 3.09. The fourth-order valence-electron chi connectivity index (χ4n) is 2.67. The molecule has 27 heavy (non-hydrogen) atoms. The van der Waals surface area contributed by atoms with Gasteiger partial charge in [0.15, 0.2) is 4.34 Å². The molecule has 12 heteroatoms. The van der Waals surface area contributed by atoms with E-state index in [9.17, 15) is 21.6 Å². The predicted octanol–water partition coefficient (Wildman–Crippen LogP) is 2.79. The van der Waals surface area contributed by atoms with E-state index in [4.69, 9.17) is 0 Å². The molecule has 0 spiro atoms. The third kappa shape index (κ3) is 4.80. The topological polar surface area (TPSA) is 66.4 Å². The zero-order chi connectivity index (χ0) is 19.7. The predicted molar refractivity (Wildman–Crippen MR) is 97.2 cm³/mol. The Labute approximate surface area is 163 Å². The van der Waals surface area contributed by atoms with E-state index in [2.05, 4.69) is 15.1 Å². The van der Waals surface area contributed by atoms with E-state index >= 15 is 0 Å². The second kappa shape index (κ2) is 8.03. The summed E-state index contributed by atoms with van der Waals surface area (Å²) in [7, 11) is -3.81. The maximum atomic E-state index is 12.7. The van der Waals surface area contributed by atoms with Crippen molar-refractivity contribution in [2.75, 3.05) is 32.4 Å². The number of piperazine rings is 1. The number of aromatic nitrogens is 2. The van der Waals surface area contributed by atoms with E-state index in [1.807, 2.05) is 6.26 Å². The first-order valence-electron chi connectivity index (χ1n) is 7.96. The van der Waals surface area contributed by atoms with E-state index < -0.39 is 21.8 Å². The van der Waals surface area contributed by atoms with Gasteiger partial charge in [0, 0.05) is 26.2 Å². The molecule has 0 radical (unpaired) electrons. The van der Waals surface area contributed by atoms with Gasteiger partial charge < -0.3 is 0 Å². The fraction of sp³-hybridized carbons (Fsp3) is 0.467. The number of halogens is 3. The summed E-state index contributed by atoms with van der Waals surface area (Å²) < 4.78 is 65.4. The molecule has 0 N–H and O–H groups in total. The standard InChI is InChI=1S/C15H17F3N4O2S3/c1-25-14-20-19-13(26-14)10-21-6-8-22(9-7-21)27(23,24)12-4-2-11(3-5-12)15(16,17)18/h2-5H,6-10H2,1H3. The Balaban J connectivity index is 1.62. The van der Waals surface area contributed by atoms with Crippen LogP contribution in [0.1, 0.15) is 10.6 Å². The van der Waals surface area contributed by atoms with Crippen molar-refractivity contribution in [2.24, 2.45) is 0 Å². The molecule has 1 aliphatic heterocycles. The molecule has 1 fully saturated rings. The zero-order valence-electron chi connectivity index (χ0n) is 14.3. The van der Waals surface area contributed by atoms with Crippen LogP contribution in [0.2, 0.25) is 0 Å². The van der Waals surface area contributed by atoms with E-state index in [1.165, 1.54) is 27.4 Å². The molecule has 0 amide bonds. The number of rotatable bonds is 5. The highest BCUT2D eigenvalue weighted by Crippen LogP contribution is 2.30. The highest BCUT2D eigenvalue weighted by Gasteiger charge is 2.32. The van der Waals surface area contributed by atoms with Crippen molar-refractivity contribution >= 4 is 33.1 Å². The summed E-state index contributed by atoms with van der Waals surface area (Å²) in [5.41, 5.74) is -0.868. The largest absolute Gasteiger partial charge is 0.416 e. The summed E-state index contributed by atoms with van der Waals surface area (Å²) in [5.74, 6) is 0. The van der Waals surface area contributed by atoms with Crippen LogP contribution in [0.15, 0.2) is 33.5 Å². The maximum absolute atomic E-state index is 12.7. The first-order valence-corrected chi connectivity index (χ1v) is 11.4. The van der Waals surface area contributed by atoms with Gasteiger partial charge in [0.1, 0.15) is 5.01 Å². The number of thioether (sulfide) groups is 1. The molecule has 1 aromatic heterocycles. The molecular weight excluding hydrogens is 421 g/mol. The van der Waals surface area contributed by atoms with Crippen LogP contribution in [-0.4, -0.2) is 60.3 Å². The van der Waals surface area contributed by atoms with Crippen LogP contribution >= 0.6 is 23.1 Å². The summed E-state index contributed by atoms with van der Waals surface area (Å²) in [6, 6.07) is 3.61. The SMILES string of the molecule is CSc1nnc(CN2CCN(S(=O)(=O)c3ccc(C(F)(F)F)cc3)CC2)s1. The molecule has 148 valence electrons. The van der Waals surface area contributed by atoms with Gasteiger partial charge in [0.05, 0.1) is 17.0 Å². The van der Waals surface area contributed by atoms with E-state index in [-0.39, 0.29) is 18.0 Å². The number of hydrogen-bond donors (Lipinski definition) is 0. The van der Waals surface area contributed by atoms with Crippen LogP contribution in [0, 0.1) is 0 Å². The second-order valence-corrected chi connectivity index (χ2v) is 9.92. The Morgan fingerprint density at radius 3 is 2.26 bits per heavy atom. The first-order chi connectivity index (χ1) is 12.7. The number of nitrogens with zero attached hydrogens (tertiary/aromatic N) is 4. The summed E-state index contributed by atoms with van der Waals surface area (Å²) in [6.07, 6.45) is -2.57. The monoisotopic (exact) mass is 438 g/mol. The Kier molecular flexibility index (Phi) is 6.11. The first kappa shape index (κ1) is 20.5. The van der Waals surface area contributed by atoms with Crippen LogP contribution in [0.25, 0.3) is 0 Å². The number of hydrogen-bond acceptors (Lipinski definition) is 7. The summed E-state index contributed by atoms with van der Waals surface area (Å²) in [4.78, 5) is 1.96. The minimum atomic E-state index is -4.49. The third-order valence-electron chi connectivity index (χ3n) is 4.13. The smallest absolute Gasteiger partial charge is 0.294 e. The minimum Gasteiger partial charge on any atom is -0.294 e. The van der Waals surface area contributed by atoms with Gasteiger partial charge in [-0.2, -0.15) is 17.5 Å². The fourth-order valence-corrected chi connectivity index (χ4v) is 5.45. The molecule has 2 aromatic rings. The van der Waals surface area contributed by atoms with Crippen molar-refractivity contribution in [3.8, 4) is 0 Å². The molecule has 0 bridgehead atoms. The third-order valence-corrected chi connectivity index (χ3v) is 7.93. The zero-order valence-corrected chi connectivity index (χ0v) is 16.8. The van der Waals surface area contributed by atoms with Crippen LogP contribution in [0.4, 0.5) is 13.2 Å². The Morgan fingerprint density at radius 1 is 1.11 bits per heavy atom. The highest BCUT2D eigenvalue weighted by molar-refractivity contribution is 8.00. The molecular formula is C15H17F3N4O2S3. The lowest BCUT2D eigenvalue weighted by Gasteiger charge is -2.33. The average molecular weight is 439 g/mol. The summed E-state index contributed by atoms with van der Waals surface area (Å²) >= 11 is 3.03. The van der Waals surface area contributed by atoms with Gasteiger partial charge in [0.25, 0.3) is 0 Å². The lowest BCUT2D eigenvalue weighted by molar-refractivity contribution is -0.137. The Bertz CT molecular complexity index is 876. The second-order valence-electron chi connectivity index (χ2n) is 5.87. The van der Waals surface area contributed by atoms with E-state index in [0.29, 0.717) is 19.6 Å². The number of benzene rings is 1. The Hall–Kier alpha value is -1.21. The minimum absolute atomic E-state index is 0.127. The molecule has 6 nitrogen and oxygen atoms in total. The van der Waals surface area contributed by atoms with Crippen molar-refractivity contribution in [3.05, 3.63) is 34.8 Å². The molecule has 2 heterocycles. The molecule has 1 aromatic carbocycles. The van der Waals surface area contributed by atoms with Crippen LogP contribution < -0.4 is 0 Å². The normalized spacial score (nSPS) is 17.3. The van der Waals surface area contributed by atoms with Crippen LogP contribution in [0.5, 0.6) is 0 Å². The van der Waals surface area contributed by atoms with Crippen molar-refractivity contribution in [1.82, 2.24) is 19.4 Å². The number of sulfonamides is 1. The lowest BCUT2D eigenvalue weighted by Crippen LogP contribution is -2.48. The van der Waals surface area contributed by atoms with Crippen molar-refractivity contribution in [1.29, 1.82) is 0 Å². The van der Waals surface area contributed by atoms with Crippen molar-refractivity contribution in [3.63, 3.8) is 0 Å². The molecule has 0 unspecified atom stereocenters. The molecule has 1 aliphatic rings. The molecule has 0 saturated carbocycles. The highest BCUT2D eigenvalue weighted by atomic mass is 32.2. The Morgan fingerprint density at radius 2 is 1.74 bits per heavy atom. The van der Waals surface area contributed by atoms with Crippen molar-refractivity contribution in [2.45, 2.75) is 22.0 Å². The maximum Gasteiger partial charge on any atom is 0.416 e. The summed E-state index contributed by atoms with van der Waals surface area (Å²) in [5, 5.41) is 9.02. The molecule has 3 rings (SSSR count). The lowest BCUT2D eigenvalue weighted by atomic mass is 10.2. The van der Waals surface area contributed by atoms with E-state index in [0.717, 1.165) is 33.6 Å².